The molecule has 0 aliphatic rings. The van der Waals surface area contributed by atoms with Crippen molar-refractivity contribution in [1.29, 1.82) is 0 Å². The van der Waals surface area contributed by atoms with Crippen molar-refractivity contribution in [3.05, 3.63) is 45.4 Å². The standard InChI is InChI=1S/C11H13ClN4O/c1-3-16-9(11(12)8(2)14-16)6-15-7-13-5-4-10(15)17/h4-5,7H,3,6H2,1-2H3. The van der Waals surface area contributed by atoms with Gasteiger partial charge in [-0.1, -0.05) is 11.6 Å². The highest BCUT2D eigenvalue weighted by Gasteiger charge is 2.13. The van der Waals surface area contributed by atoms with Gasteiger partial charge in [0.25, 0.3) is 5.56 Å². The highest BCUT2D eigenvalue weighted by Crippen LogP contribution is 2.20. The Morgan fingerprint density at radius 3 is 2.88 bits per heavy atom. The molecule has 0 fully saturated rings. The first-order chi connectivity index (χ1) is 8.13. The Labute approximate surface area is 104 Å². The molecule has 0 aliphatic carbocycles. The Balaban J connectivity index is 2.43. The van der Waals surface area contributed by atoms with Crippen molar-refractivity contribution in [2.24, 2.45) is 0 Å². The van der Waals surface area contributed by atoms with E-state index in [4.69, 9.17) is 11.6 Å². The van der Waals surface area contributed by atoms with Crippen molar-refractivity contribution in [2.75, 3.05) is 0 Å². The molecule has 0 N–H and O–H groups in total. The van der Waals surface area contributed by atoms with Gasteiger partial charge in [-0.05, 0) is 13.8 Å². The zero-order valence-corrected chi connectivity index (χ0v) is 10.5. The molecular weight excluding hydrogens is 240 g/mol. The molecule has 0 bridgehead atoms. The van der Waals surface area contributed by atoms with Crippen molar-refractivity contribution in [3.8, 4) is 0 Å². The zero-order chi connectivity index (χ0) is 12.4. The summed E-state index contributed by atoms with van der Waals surface area (Å²) in [6, 6.07) is 1.42. The average molecular weight is 253 g/mol. The third-order valence-corrected chi connectivity index (χ3v) is 3.06. The molecule has 2 rings (SSSR count). The number of aryl methyl sites for hydroxylation is 2. The molecule has 0 saturated heterocycles. The molecule has 0 spiro atoms. The number of hydrogen-bond acceptors (Lipinski definition) is 3. The second-order valence-corrected chi connectivity index (χ2v) is 4.09. The van der Waals surface area contributed by atoms with Gasteiger partial charge in [0, 0.05) is 18.8 Å². The Morgan fingerprint density at radius 2 is 2.24 bits per heavy atom. The zero-order valence-electron chi connectivity index (χ0n) is 9.72. The van der Waals surface area contributed by atoms with Gasteiger partial charge in [0.1, 0.15) is 0 Å². The first-order valence-corrected chi connectivity index (χ1v) is 5.73. The summed E-state index contributed by atoms with van der Waals surface area (Å²) in [5.41, 5.74) is 1.51. The van der Waals surface area contributed by atoms with E-state index in [1.807, 2.05) is 13.8 Å². The first kappa shape index (κ1) is 11.9. The molecular formula is C11H13ClN4O. The highest BCUT2D eigenvalue weighted by molar-refractivity contribution is 6.31. The lowest BCUT2D eigenvalue weighted by molar-refractivity contribution is 0.588. The Bertz CT molecular complexity index is 587. The molecule has 17 heavy (non-hydrogen) atoms. The quantitative estimate of drug-likeness (QED) is 0.831. The fourth-order valence-corrected chi connectivity index (χ4v) is 1.87. The Kier molecular flexibility index (Phi) is 3.28. The lowest BCUT2D eigenvalue weighted by atomic mass is 10.3. The van der Waals surface area contributed by atoms with E-state index in [2.05, 4.69) is 10.1 Å². The third kappa shape index (κ3) is 2.24. The number of aromatic nitrogens is 4. The molecule has 2 aromatic heterocycles. The van der Waals surface area contributed by atoms with Crippen molar-refractivity contribution in [3.63, 3.8) is 0 Å². The number of nitrogens with zero attached hydrogens (tertiary/aromatic N) is 4. The van der Waals surface area contributed by atoms with Gasteiger partial charge in [-0.25, -0.2) is 4.98 Å². The summed E-state index contributed by atoms with van der Waals surface area (Å²) in [5, 5.41) is 4.92. The minimum atomic E-state index is -0.0995. The largest absolute Gasteiger partial charge is 0.293 e. The summed E-state index contributed by atoms with van der Waals surface area (Å²) in [6.07, 6.45) is 2.98. The fourth-order valence-electron chi connectivity index (χ4n) is 1.68. The minimum absolute atomic E-state index is 0.0995. The van der Waals surface area contributed by atoms with Gasteiger partial charge in [-0.15, -0.1) is 0 Å². The van der Waals surface area contributed by atoms with Crippen LogP contribution in [0.4, 0.5) is 0 Å². The smallest absolute Gasteiger partial charge is 0.253 e. The molecule has 0 unspecified atom stereocenters. The third-order valence-electron chi connectivity index (χ3n) is 2.57. The van der Waals surface area contributed by atoms with Gasteiger partial charge in [-0.2, -0.15) is 5.10 Å². The van der Waals surface area contributed by atoms with Gasteiger partial charge in [0.05, 0.1) is 29.3 Å². The van der Waals surface area contributed by atoms with Crippen LogP contribution in [0.1, 0.15) is 18.3 Å². The lowest BCUT2D eigenvalue weighted by Gasteiger charge is -2.07. The molecule has 0 atom stereocenters. The summed E-state index contributed by atoms with van der Waals surface area (Å²) in [7, 11) is 0. The summed E-state index contributed by atoms with van der Waals surface area (Å²) in [6.45, 7) is 4.94. The van der Waals surface area contributed by atoms with E-state index in [0.717, 1.165) is 17.9 Å². The van der Waals surface area contributed by atoms with E-state index in [1.54, 1.807) is 4.68 Å². The molecule has 5 nitrogen and oxygen atoms in total. The summed E-state index contributed by atoms with van der Waals surface area (Å²) >= 11 is 6.18. The van der Waals surface area contributed by atoms with Gasteiger partial charge >= 0.3 is 0 Å². The first-order valence-electron chi connectivity index (χ1n) is 5.35. The maximum Gasteiger partial charge on any atom is 0.253 e. The predicted octanol–water partition coefficient (Wildman–Crippen LogP) is 1.47. The molecule has 2 heterocycles. The SMILES string of the molecule is CCn1nc(C)c(Cl)c1Cn1cnccc1=O. The van der Waals surface area contributed by atoms with Crippen LogP contribution in [0.5, 0.6) is 0 Å². The molecule has 0 amide bonds. The maximum absolute atomic E-state index is 11.6. The summed E-state index contributed by atoms with van der Waals surface area (Å²) < 4.78 is 3.31. The summed E-state index contributed by atoms with van der Waals surface area (Å²) in [4.78, 5) is 15.5. The fraction of sp³-hybridized carbons (Fsp3) is 0.364. The van der Waals surface area contributed by atoms with Crippen LogP contribution in [-0.2, 0) is 13.1 Å². The highest BCUT2D eigenvalue weighted by atomic mass is 35.5. The number of halogens is 1. The van der Waals surface area contributed by atoms with Crippen LogP contribution in [0, 0.1) is 6.92 Å². The van der Waals surface area contributed by atoms with E-state index in [9.17, 15) is 4.79 Å². The van der Waals surface area contributed by atoms with Crippen LogP contribution in [0.15, 0.2) is 23.4 Å². The average Bonchev–Trinajstić information content (AvgIpc) is 2.59. The van der Waals surface area contributed by atoms with Crippen LogP contribution in [-0.4, -0.2) is 19.3 Å². The molecule has 2 aromatic rings. The van der Waals surface area contributed by atoms with Crippen molar-refractivity contribution in [2.45, 2.75) is 26.9 Å². The van der Waals surface area contributed by atoms with Crippen molar-refractivity contribution < 1.29 is 0 Å². The lowest BCUT2D eigenvalue weighted by Crippen LogP contribution is -2.21. The molecule has 0 saturated carbocycles. The van der Waals surface area contributed by atoms with Crippen molar-refractivity contribution >= 4 is 11.6 Å². The van der Waals surface area contributed by atoms with Crippen LogP contribution in [0.25, 0.3) is 0 Å². The molecule has 90 valence electrons. The topological polar surface area (TPSA) is 52.7 Å². The molecule has 0 aliphatic heterocycles. The molecule has 6 heteroatoms. The Hall–Kier alpha value is -1.62. The van der Waals surface area contributed by atoms with Crippen molar-refractivity contribution in [1.82, 2.24) is 19.3 Å². The van der Waals surface area contributed by atoms with Crippen LogP contribution in [0.2, 0.25) is 5.02 Å². The monoisotopic (exact) mass is 252 g/mol. The van der Waals surface area contributed by atoms with E-state index in [1.165, 1.54) is 23.2 Å². The molecule has 0 radical (unpaired) electrons. The van der Waals surface area contributed by atoms with Crippen LogP contribution in [0.3, 0.4) is 0 Å². The normalized spacial score (nSPS) is 10.8. The number of rotatable bonds is 3. The van der Waals surface area contributed by atoms with Crippen LogP contribution < -0.4 is 5.56 Å². The van der Waals surface area contributed by atoms with E-state index < -0.39 is 0 Å². The maximum atomic E-state index is 11.6. The minimum Gasteiger partial charge on any atom is -0.293 e. The van der Waals surface area contributed by atoms with Gasteiger partial charge < -0.3 is 0 Å². The number of hydrogen-bond donors (Lipinski definition) is 0. The van der Waals surface area contributed by atoms with Gasteiger partial charge in [0.15, 0.2) is 0 Å². The Morgan fingerprint density at radius 1 is 1.47 bits per heavy atom. The van der Waals surface area contributed by atoms with Gasteiger partial charge in [0.2, 0.25) is 0 Å². The van der Waals surface area contributed by atoms with Gasteiger partial charge in [-0.3, -0.25) is 14.0 Å². The second kappa shape index (κ2) is 4.71. The van der Waals surface area contributed by atoms with E-state index in [0.29, 0.717) is 11.6 Å². The predicted molar refractivity (Wildman–Crippen MR) is 65.2 cm³/mol. The van der Waals surface area contributed by atoms with E-state index >= 15 is 0 Å². The second-order valence-electron chi connectivity index (χ2n) is 3.71. The van der Waals surface area contributed by atoms with E-state index in [-0.39, 0.29) is 5.56 Å². The molecule has 0 aromatic carbocycles. The summed E-state index contributed by atoms with van der Waals surface area (Å²) in [5.74, 6) is 0. The van der Waals surface area contributed by atoms with Crippen LogP contribution >= 0.6 is 11.6 Å².